The number of hydrogen-bond donors (Lipinski definition) is 2. The minimum absolute atomic E-state index is 0.0291. The van der Waals surface area contributed by atoms with Crippen LogP contribution in [-0.4, -0.2) is 36.7 Å². The number of hydrogen-bond acceptors (Lipinski definition) is 4. The van der Waals surface area contributed by atoms with Crippen molar-refractivity contribution in [2.75, 3.05) is 19.8 Å². The first-order chi connectivity index (χ1) is 9.61. The Balaban J connectivity index is 1.80. The topological polar surface area (TPSA) is 88.8 Å². The second kappa shape index (κ2) is 6.56. The van der Waals surface area contributed by atoms with Gasteiger partial charge in [-0.3, -0.25) is 4.79 Å². The van der Waals surface area contributed by atoms with Crippen molar-refractivity contribution >= 4 is 11.9 Å². The molecule has 1 amide bonds. The van der Waals surface area contributed by atoms with Gasteiger partial charge in [0.15, 0.2) is 5.76 Å². The molecule has 0 aliphatic heterocycles. The first-order valence-electron chi connectivity index (χ1n) is 6.83. The molecule has 0 aromatic carbocycles. The van der Waals surface area contributed by atoms with E-state index in [-0.39, 0.29) is 11.3 Å². The lowest BCUT2D eigenvalue weighted by Gasteiger charge is -2.04. The highest BCUT2D eigenvalue weighted by Gasteiger charge is 2.21. The van der Waals surface area contributed by atoms with E-state index in [4.69, 9.17) is 14.3 Å². The zero-order valence-corrected chi connectivity index (χ0v) is 11.5. The monoisotopic (exact) mass is 281 g/mol. The average Bonchev–Trinajstić information content (AvgIpc) is 3.13. The van der Waals surface area contributed by atoms with Gasteiger partial charge in [0.25, 0.3) is 5.91 Å². The molecule has 0 bridgehead atoms. The van der Waals surface area contributed by atoms with Crippen molar-refractivity contribution in [2.45, 2.75) is 26.2 Å². The van der Waals surface area contributed by atoms with Crippen molar-refractivity contribution in [1.29, 1.82) is 0 Å². The zero-order chi connectivity index (χ0) is 14.5. The molecule has 1 heterocycles. The Morgan fingerprint density at radius 2 is 2.25 bits per heavy atom. The van der Waals surface area contributed by atoms with Crippen LogP contribution in [0.2, 0.25) is 0 Å². The van der Waals surface area contributed by atoms with Crippen LogP contribution in [0, 0.1) is 5.92 Å². The summed E-state index contributed by atoms with van der Waals surface area (Å²) in [5.74, 6) is -0.463. The van der Waals surface area contributed by atoms with Gasteiger partial charge in [-0.05, 0) is 18.8 Å². The third-order valence-corrected chi connectivity index (χ3v) is 3.17. The molecule has 20 heavy (non-hydrogen) atoms. The maximum absolute atomic E-state index is 11.8. The van der Waals surface area contributed by atoms with E-state index in [9.17, 15) is 9.59 Å². The third kappa shape index (κ3) is 3.84. The van der Waals surface area contributed by atoms with E-state index in [1.807, 2.05) is 0 Å². The van der Waals surface area contributed by atoms with Crippen molar-refractivity contribution in [3.05, 3.63) is 23.2 Å². The average molecular weight is 281 g/mol. The number of nitrogens with one attached hydrogen (secondary N) is 1. The number of ether oxygens (including phenoxy) is 1. The fraction of sp³-hybridized carbons (Fsp3) is 0.571. The third-order valence-electron chi connectivity index (χ3n) is 3.17. The summed E-state index contributed by atoms with van der Waals surface area (Å²) in [6.45, 7) is 3.37. The smallest absolute Gasteiger partial charge is 0.339 e. The van der Waals surface area contributed by atoms with Crippen LogP contribution in [-0.2, 0) is 11.2 Å². The van der Waals surface area contributed by atoms with Crippen LogP contribution in [0.25, 0.3) is 0 Å². The molecular weight excluding hydrogens is 262 g/mol. The van der Waals surface area contributed by atoms with E-state index in [0.29, 0.717) is 31.3 Å². The second-order valence-corrected chi connectivity index (χ2v) is 4.88. The number of carbonyl (C=O) groups is 2. The molecule has 0 spiro atoms. The lowest BCUT2D eigenvalue weighted by atomic mass is 10.2. The summed E-state index contributed by atoms with van der Waals surface area (Å²) in [6.07, 6.45) is 2.90. The first kappa shape index (κ1) is 14.6. The maximum atomic E-state index is 11.8. The van der Waals surface area contributed by atoms with Gasteiger partial charge in [0, 0.05) is 25.6 Å². The molecule has 0 saturated heterocycles. The number of aromatic carboxylic acids is 1. The number of carboxylic acid groups (broad SMARTS) is 1. The predicted molar refractivity (Wildman–Crippen MR) is 70.9 cm³/mol. The van der Waals surface area contributed by atoms with E-state index in [1.54, 1.807) is 6.92 Å². The lowest BCUT2D eigenvalue weighted by molar-refractivity contribution is 0.0694. The van der Waals surface area contributed by atoms with Crippen LogP contribution in [0.4, 0.5) is 0 Å². The summed E-state index contributed by atoms with van der Waals surface area (Å²) >= 11 is 0. The number of carboxylic acids is 1. The number of rotatable bonds is 8. The van der Waals surface area contributed by atoms with Gasteiger partial charge in [-0.25, -0.2) is 4.79 Å². The lowest BCUT2D eigenvalue weighted by Crippen LogP contribution is -2.27. The van der Waals surface area contributed by atoms with E-state index in [2.05, 4.69) is 5.32 Å². The van der Waals surface area contributed by atoms with E-state index in [1.165, 1.54) is 18.9 Å². The van der Waals surface area contributed by atoms with Crippen LogP contribution in [0.1, 0.15) is 46.4 Å². The van der Waals surface area contributed by atoms with Gasteiger partial charge >= 0.3 is 5.97 Å². The molecule has 1 aliphatic rings. The molecular formula is C14H19NO5. The molecule has 0 radical (unpaired) electrons. The quantitative estimate of drug-likeness (QED) is 0.708. The van der Waals surface area contributed by atoms with Gasteiger partial charge in [0.05, 0.1) is 6.61 Å². The van der Waals surface area contributed by atoms with Gasteiger partial charge in [-0.15, -0.1) is 0 Å². The van der Waals surface area contributed by atoms with Crippen molar-refractivity contribution in [2.24, 2.45) is 5.92 Å². The van der Waals surface area contributed by atoms with Gasteiger partial charge in [-0.2, -0.15) is 0 Å². The van der Waals surface area contributed by atoms with Crippen molar-refractivity contribution in [3.63, 3.8) is 0 Å². The maximum Gasteiger partial charge on any atom is 0.339 e. The normalized spacial score (nSPS) is 14.2. The zero-order valence-electron chi connectivity index (χ0n) is 11.5. The summed E-state index contributed by atoms with van der Waals surface area (Å²) in [5, 5.41) is 11.6. The highest BCUT2D eigenvalue weighted by atomic mass is 16.5. The molecule has 110 valence electrons. The van der Waals surface area contributed by atoms with Crippen LogP contribution < -0.4 is 5.32 Å². The summed E-state index contributed by atoms with van der Waals surface area (Å²) < 4.78 is 10.7. The Morgan fingerprint density at radius 3 is 2.80 bits per heavy atom. The molecule has 6 heteroatoms. The van der Waals surface area contributed by atoms with Crippen LogP contribution in [0.15, 0.2) is 10.5 Å². The summed E-state index contributed by atoms with van der Waals surface area (Å²) in [4.78, 5) is 22.8. The highest BCUT2D eigenvalue weighted by molar-refractivity contribution is 5.96. The number of amides is 1. The van der Waals surface area contributed by atoms with E-state index >= 15 is 0 Å². The fourth-order valence-corrected chi connectivity index (χ4v) is 1.84. The van der Waals surface area contributed by atoms with Gasteiger partial charge < -0.3 is 19.6 Å². The van der Waals surface area contributed by atoms with Gasteiger partial charge in [0.2, 0.25) is 0 Å². The Morgan fingerprint density at radius 1 is 1.50 bits per heavy atom. The number of carbonyl (C=O) groups excluding carboxylic acids is 1. The Bertz CT molecular complexity index is 490. The molecule has 2 rings (SSSR count). The fourth-order valence-electron chi connectivity index (χ4n) is 1.84. The standard InChI is InChI=1S/C14H19NO5/c1-2-11-10(14(17)18)7-12(20-11)13(16)15-5-6-19-8-9-3-4-9/h7,9H,2-6,8H2,1H3,(H,15,16)(H,17,18). The molecule has 0 unspecified atom stereocenters. The van der Waals surface area contributed by atoms with Crippen molar-refractivity contribution in [3.8, 4) is 0 Å². The molecule has 2 N–H and O–H groups in total. The Hall–Kier alpha value is -1.82. The predicted octanol–water partition coefficient (Wildman–Crippen LogP) is 1.70. The number of furan rings is 1. The molecule has 6 nitrogen and oxygen atoms in total. The summed E-state index contributed by atoms with van der Waals surface area (Å²) in [5.41, 5.74) is 0.0441. The number of aryl methyl sites for hydroxylation is 1. The Kier molecular flexibility index (Phi) is 4.79. The second-order valence-electron chi connectivity index (χ2n) is 4.88. The highest BCUT2D eigenvalue weighted by Crippen LogP contribution is 2.28. The Labute approximate surface area is 117 Å². The minimum Gasteiger partial charge on any atom is -0.478 e. The van der Waals surface area contributed by atoms with Crippen molar-refractivity contribution < 1.29 is 23.8 Å². The largest absolute Gasteiger partial charge is 0.478 e. The first-order valence-corrected chi connectivity index (χ1v) is 6.83. The van der Waals surface area contributed by atoms with Gasteiger partial charge in [0.1, 0.15) is 11.3 Å². The summed E-state index contributed by atoms with van der Waals surface area (Å²) in [7, 11) is 0. The molecule has 1 saturated carbocycles. The molecule has 1 fully saturated rings. The SMILES string of the molecule is CCc1oc(C(=O)NCCOCC2CC2)cc1C(=O)O. The molecule has 1 aliphatic carbocycles. The van der Waals surface area contributed by atoms with E-state index < -0.39 is 11.9 Å². The van der Waals surface area contributed by atoms with Crippen LogP contribution in [0.5, 0.6) is 0 Å². The van der Waals surface area contributed by atoms with Crippen LogP contribution in [0.3, 0.4) is 0 Å². The van der Waals surface area contributed by atoms with Gasteiger partial charge in [-0.1, -0.05) is 6.92 Å². The van der Waals surface area contributed by atoms with Crippen LogP contribution >= 0.6 is 0 Å². The molecule has 1 aromatic heterocycles. The van der Waals surface area contributed by atoms with E-state index in [0.717, 1.165) is 6.61 Å². The van der Waals surface area contributed by atoms with Crippen molar-refractivity contribution in [1.82, 2.24) is 5.32 Å². The minimum atomic E-state index is -1.09. The molecule has 0 atom stereocenters. The summed E-state index contributed by atoms with van der Waals surface area (Å²) in [6, 6.07) is 1.27. The molecule has 1 aromatic rings.